The smallest absolute Gasteiger partial charge is 0.220 e. The van der Waals surface area contributed by atoms with Crippen LogP contribution in [-0.2, 0) is 20.7 Å². The molecule has 3 aromatic rings. The van der Waals surface area contributed by atoms with E-state index in [1.807, 2.05) is 56.5 Å². The molecule has 0 radical (unpaired) electrons. The molecule has 0 aliphatic rings. The molecule has 1 N–H and O–H groups in total. The molecule has 9 nitrogen and oxygen atoms in total. The lowest BCUT2D eigenvalue weighted by Crippen LogP contribution is -2.35. The fourth-order valence-corrected chi connectivity index (χ4v) is 3.89. The Morgan fingerprint density at radius 1 is 1.09 bits per heavy atom. The third-order valence-electron chi connectivity index (χ3n) is 5.62. The molecule has 1 amide bonds. The number of fused-ring (bicyclic) bond motifs is 1. The maximum Gasteiger partial charge on any atom is 0.220 e. The maximum absolute atomic E-state index is 12.4. The third-order valence-corrected chi connectivity index (χ3v) is 5.62. The van der Waals surface area contributed by atoms with Gasteiger partial charge in [0.05, 0.1) is 26.5 Å². The molecule has 184 valence electrons. The summed E-state index contributed by atoms with van der Waals surface area (Å²) in [6, 6.07) is 7.56. The summed E-state index contributed by atoms with van der Waals surface area (Å²) in [4.78, 5) is 17.2. The normalized spacial score (nSPS) is 11.3. The topological polar surface area (TPSA) is 96.2 Å². The lowest BCUT2D eigenvalue weighted by atomic mass is 10.1. The number of carbonyl (C=O) groups excluding carboxylic acids is 1. The van der Waals surface area contributed by atoms with E-state index >= 15 is 0 Å². The molecule has 0 fully saturated rings. The van der Waals surface area contributed by atoms with E-state index in [1.54, 1.807) is 14.2 Å². The Morgan fingerprint density at radius 3 is 2.47 bits per heavy atom. The highest BCUT2D eigenvalue weighted by molar-refractivity contribution is 5.76. The molecule has 0 aliphatic heterocycles. The van der Waals surface area contributed by atoms with E-state index in [2.05, 4.69) is 5.32 Å². The summed E-state index contributed by atoms with van der Waals surface area (Å²) in [7, 11) is 3.24. The number of rotatable bonds is 12. The number of methoxy groups -OCH3 is 2. The zero-order valence-electron chi connectivity index (χ0n) is 20.8. The standard InChI is InChI=1S/C25H34N4O5/c1-7-33-25(34-8-2)15-26-24(30)12-11-19-16(3)27-23-14-21(28-29(23)17(19)4)20-10-9-18(31-5)13-22(20)32-6/h9-10,13-14,25H,7-8,11-12,15H2,1-6H3,(H,26,30). The van der Waals surface area contributed by atoms with Crippen LogP contribution in [0.2, 0.25) is 0 Å². The summed E-state index contributed by atoms with van der Waals surface area (Å²) in [5.74, 6) is 1.32. The number of nitrogens with zero attached hydrogens (tertiary/aromatic N) is 3. The molecule has 1 aromatic carbocycles. The monoisotopic (exact) mass is 470 g/mol. The number of carbonyl (C=O) groups is 1. The van der Waals surface area contributed by atoms with Gasteiger partial charge in [-0.1, -0.05) is 0 Å². The van der Waals surface area contributed by atoms with Gasteiger partial charge in [-0.3, -0.25) is 4.79 Å². The zero-order chi connectivity index (χ0) is 24.7. The molecule has 0 spiro atoms. The fourth-order valence-electron chi connectivity index (χ4n) is 3.89. The molecule has 0 atom stereocenters. The van der Waals surface area contributed by atoms with Crippen LogP contribution >= 0.6 is 0 Å². The lowest BCUT2D eigenvalue weighted by Gasteiger charge is -2.17. The van der Waals surface area contributed by atoms with Crippen molar-refractivity contribution in [1.29, 1.82) is 0 Å². The van der Waals surface area contributed by atoms with Crippen molar-refractivity contribution in [2.24, 2.45) is 0 Å². The van der Waals surface area contributed by atoms with Crippen molar-refractivity contribution in [2.75, 3.05) is 34.0 Å². The van der Waals surface area contributed by atoms with Gasteiger partial charge in [0.25, 0.3) is 0 Å². The Balaban J connectivity index is 1.77. The zero-order valence-corrected chi connectivity index (χ0v) is 20.8. The summed E-state index contributed by atoms with van der Waals surface area (Å²) in [5.41, 5.74) is 5.19. The molecular weight excluding hydrogens is 436 g/mol. The van der Waals surface area contributed by atoms with Crippen LogP contribution in [0.5, 0.6) is 11.5 Å². The first-order chi connectivity index (χ1) is 16.4. The summed E-state index contributed by atoms with van der Waals surface area (Å²) < 4.78 is 23.6. The molecule has 3 rings (SSSR count). The van der Waals surface area contributed by atoms with Crippen LogP contribution in [0.1, 0.15) is 37.2 Å². The van der Waals surface area contributed by atoms with E-state index in [0.29, 0.717) is 44.1 Å². The van der Waals surface area contributed by atoms with Gasteiger partial charge in [0, 0.05) is 48.7 Å². The van der Waals surface area contributed by atoms with Crippen molar-refractivity contribution >= 4 is 11.6 Å². The van der Waals surface area contributed by atoms with Gasteiger partial charge < -0.3 is 24.3 Å². The molecule has 9 heteroatoms. The van der Waals surface area contributed by atoms with E-state index in [1.165, 1.54) is 0 Å². The van der Waals surface area contributed by atoms with Gasteiger partial charge in [-0.15, -0.1) is 0 Å². The van der Waals surface area contributed by atoms with E-state index in [4.69, 9.17) is 29.0 Å². The Labute approximate surface area is 200 Å². The first-order valence-electron chi connectivity index (χ1n) is 11.5. The second-order valence-corrected chi connectivity index (χ2v) is 7.77. The number of hydrogen-bond donors (Lipinski definition) is 1. The van der Waals surface area contributed by atoms with Crippen molar-refractivity contribution in [3.63, 3.8) is 0 Å². The van der Waals surface area contributed by atoms with Crippen molar-refractivity contribution in [1.82, 2.24) is 19.9 Å². The van der Waals surface area contributed by atoms with E-state index in [9.17, 15) is 4.79 Å². The highest BCUT2D eigenvalue weighted by atomic mass is 16.7. The summed E-state index contributed by atoms with van der Waals surface area (Å²) >= 11 is 0. The van der Waals surface area contributed by atoms with Gasteiger partial charge in [-0.25, -0.2) is 9.50 Å². The first kappa shape index (κ1) is 25.5. The molecule has 0 aliphatic carbocycles. The molecule has 2 aromatic heterocycles. The van der Waals surface area contributed by atoms with E-state index < -0.39 is 6.29 Å². The van der Waals surface area contributed by atoms with E-state index in [0.717, 1.165) is 33.9 Å². The average molecular weight is 471 g/mol. The third kappa shape index (κ3) is 5.84. The minimum atomic E-state index is -0.433. The number of benzene rings is 1. The fraction of sp³-hybridized carbons (Fsp3) is 0.480. The molecule has 2 heterocycles. The Kier molecular flexibility index (Phi) is 8.84. The number of aromatic nitrogens is 3. The van der Waals surface area contributed by atoms with Crippen molar-refractivity contribution in [3.05, 3.63) is 41.2 Å². The van der Waals surface area contributed by atoms with Crippen LogP contribution in [0, 0.1) is 13.8 Å². The lowest BCUT2D eigenvalue weighted by molar-refractivity contribution is -0.140. The van der Waals surface area contributed by atoms with Crippen LogP contribution in [0.15, 0.2) is 24.3 Å². The number of hydrogen-bond acceptors (Lipinski definition) is 7. The summed E-state index contributed by atoms with van der Waals surface area (Å²) in [5, 5.41) is 7.67. The molecular formula is C25H34N4O5. The van der Waals surface area contributed by atoms with Crippen LogP contribution < -0.4 is 14.8 Å². The number of amides is 1. The summed E-state index contributed by atoms with van der Waals surface area (Å²) in [6.07, 6.45) is 0.458. The van der Waals surface area contributed by atoms with Crippen LogP contribution in [0.4, 0.5) is 0 Å². The van der Waals surface area contributed by atoms with Gasteiger partial charge in [-0.2, -0.15) is 5.10 Å². The average Bonchev–Trinajstić information content (AvgIpc) is 3.26. The Bertz CT molecular complexity index is 1120. The Hall–Kier alpha value is -3.17. The van der Waals surface area contributed by atoms with Crippen molar-refractivity contribution in [2.45, 2.75) is 46.8 Å². The predicted octanol–water partition coefficient (Wildman–Crippen LogP) is 3.48. The molecule has 0 bridgehead atoms. The number of aryl methyl sites for hydroxylation is 2. The minimum absolute atomic E-state index is 0.0626. The second-order valence-electron chi connectivity index (χ2n) is 7.77. The minimum Gasteiger partial charge on any atom is -0.497 e. The maximum atomic E-state index is 12.4. The SMILES string of the molecule is CCOC(CNC(=O)CCc1c(C)nc2cc(-c3ccc(OC)cc3OC)nn2c1C)OCC. The van der Waals surface area contributed by atoms with Gasteiger partial charge in [0.15, 0.2) is 11.9 Å². The van der Waals surface area contributed by atoms with Crippen LogP contribution in [0.3, 0.4) is 0 Å². The number of ether oxygens (including phenoxy) is 4. The van der Waals surface area contributed by atoms with Crippen LogP contribution in [0.25, 0.3) is 16.9 Å². The molecule has 0 saturated heterocycles. The highest BCUT2D eigenvalue weighted by Crippen LogP contribution is 2.33. The van der Waals surface area contributed by atoms with Gasteiger partial charge in [-0.05, 0) is 51.8 Å². The second kappa shape index (κ2) is 11.8. The predicted molar refractivity (Wildman–Crippen MR) is 129 cm³/mol. The quantitative estimate of drug-likeness (QED) is 0.405. The highest BCUT2D eigenvalue weighted by Gasteiger charge is 2.17. The Morgan fingerprint density at radius 2 is 1.82 bits per heavy atom. The summed E-state index contributed by atoms with van der Waals surface area (Å²) in [6.45, 7) is 9.12. The van der Waals surface area contributed by atoms with Gasteiger partial charge >= 0.3 is 0 Å². The molecule has 0 saturated carbocycles. The largest absolute Gasteiger partial charge is 0.497 e. The van der Waals surface area contributed by atoms with Gasteiger partial charge in [0.1, 0.15) is 11.5 Å². The number of nitrogens with one attached hydrogen (secondary N) is 1. The van der Waals surface area contributed by atoms with Gasteiger partial charge in [0.2, 0.25) is 5.91 Å². The van der Waals surface area contributed by atoms with E-state index in [-0.39, 0.29) is 5.91 Å². The van der Waals surface area contributed by atoms with Crippen molar-refractivity contribution < 1.29 is 23.7 Å². The van der Waals surface area contributed by atoms with Crippen molar-refractivity contribution in [3.8, 4) is 22.8 Å². The molecule has 0 unspecified atom stereocenters. The van der Waals surface area contributed by atoms with Crippen LogP contribution in [-0.4, -0.2) is 60.8 Å². The molecule has 34 heavy (non-hydrogen) atoms. The first-order valence-corrected chi connectivity index (χ1v) is 11.5.